The van der Waals surface area contributed by atoms with Crippen LogP contribution in [0, 0.1) is 6.92 Å². The van der Waals surface area contributed by atoms with Gasteiger partial charge in [0.15, 0.2) is 0 Å². The third-order valence-electron chi connectivity index (χ3n) is 5.38. The fraction of sp³-hybridized carbons (Fsp3) is 0.227. The molecule has 0 amide bonds. The molecule has 2 aromatic carbocycles. The molecule has 2 aromatic heterocycles. The Morgan fingerprint density at radius 3 is 2.89 bits per heavy atom. The number of aryl methyl sites for hydroxylation is 3. The molecule has 4 aromatic rings. The van der Waals surface area contributed by atoms with Crippen molar-refractivity contribution in [2.24, 2.45) is 5.10 Å². The number of nitrogens with zero attached hydrogens (tertiary/aromatic N) is 3. The van der Waals surface area contributed by atoms with Crippen molar-refractivity contribution in [1.82, 2.24) is 9.66 Å². The van der Waals surface area contributed by atoms with Gasteiger partial charge >= 0.3 is 0 Å². The van der Waals surface area contributed by atoms with Crippen molar-refractivity contribution in [3.05, 3.63) is 68.6 Å². The van der Waals surface area contributed by atoms with Crippen molar-refractivity contribution >= 4 is 38.5 Å². The van der Waals surface area contributed by atoms with Crippen molar-refractivity contribution < 1.29 is 5.11 Å². The molecule has 6 heteroatoms. The molecular formula is C22H19N3O2S. The molecule has 0 saturated carbocycles. The molecule has 0 aliphatic heterocycles. The Bertz CT molecular complexity index is 1320. The van der Waals surface area contributed by atoms with Gasteiger partial charge < -0.3 is 5.11 Å². The lowest BCUT2D eigenvalue weighted by molar-refractivity contribution is 0.475. The molecular weight excluding hydrogens is 370 g/mol. The van der Waals surface area contributed by atoms with Crippen molar-refractivity contribution in [3.63, 3.8) is 0 Å². The maximum absolute atomic E-state index is 13.2. The van der Waals surface area contributed by atoms with Crippen molar-refractivity contribution in [2.45, 2.75) is 32.6 Å². The highest BCUT2D eigenvalue weighted by Gasteiger charge is 2.21. The number of rotatable bonds is 2. The van der Waals surface area contributed by atoms with E-state index in [2.05, 4.69) is 10.1 Å². The number of fused-ring (bicyclic) bond motifs is 4. The topological polar surface area (TPSA) is 67.5 Å². The summed E-state index contributed by atoms with van der Waals surface area (Å²) in [5.41, 5.74) is 1.62. The number of aromatic hydroxyl groups is 1. The molecule has 0 radical (unpaired) electrons. The van der Waals surface area contributed by atoms with Crippen LogP contribution in [-0.4, -0.2) is 21.0 Å². The van der Waals surface area contributed by atoms with Crippen molar-refractivity contribution in [3.8, 4) is 5.75 Å². The predicted octanol–water partition coefficient (Wildman–Crippen LogP) is 4.39. The summed E-state index contributed by atoms with van der Waals surface area (Å²) in [6, 6.07) is 11.3. The molecule has 0 atom stereocenters. The zero-order chi connectivity index (χ0) is 19.3. The van der Waals surface area contributed by atoms with Crippen LogP contribution >= 0.6 is 11.3 Å². The van der Waals surface area contributed by atoms with Crippen molar-refractivity contribution in [2.75, 3.05) is 0 Å². The molecule has 0 fully saturated rings. The lowest BCUT2D eigenvalue weighted by Crippen LogP contribution is -2.21. The Morgan fingerprint density at radius 1 is 1.18 bits per heavy atom. The summed E-state index contributed by atoms with van der Waals surface area (Å²) in [7, 11) is 0. The number of phenols is 1. The Labute approximate surface area is 165 Å². The second-order valence-electron chi connectivity index (χ2n) is 7.13. The van der Waals surface area contributed by atoms with E-state index in [9.17, 15) is 9.90 Å². The quantitative estimate of drug-likeness (QED) is 0.517. The summed E-state index contributed by atoms with van der Waals surface area (Å²) < 4.78 is 1.35. The standard InChI is InChI=1S/C22H19N3O2S/c1-13-24-21-20(16-8-4-5-9-19(16)28-21)22(27)25(13)23-12-17-15-7-3-2-6-14(15)10-11-18(17)26/h2-3,6-7,10-12,26H,4-5,8-9H2,1H3/b23-12+. The first-order valence-electron chi connectivity index (χ1n) is 9.42. The monoisotopic (exact) mass is 389 g/mol. The van der Waals surface area contributed by atoms with E-state index in [1.54, 1.807) is 30.5 Å². The van der Waals surface area contributed by atoms with Gasteiger partial charge in [-0.2, -0.15) is 9.78 Å². The molecule has 0 bridgehead atoms. The second-order valence-corrected chi connectivity index (χ2v) is 8.21. The van der Waals surface area contributed by atoms with E-state index in [-0.39, 0.29) is 11.3 Å². The number of benzene rings is 2. The number of aromatic nitrogens is 2. The first kappa shape index (κ1) is 17.1. The van der Waals surface area contributed by atoms with Gasteiger partial charge in [-0.05, 0) is 55.0 Å². The SMILES string of the molecule is Cc1nc2sc3c(c2c(=O)n1/N=C/c1c(O)ccc2ccccc12)CCCC3. The molecule has 5 nitrogen and oxygen atoms in total. The van der Waals surface area contributed by atoms with Gasteiger partial charge in [0, 0.05) is 10.4 Å². The summed E-state index contributed by atoms with van der Waals surface area (Å²) in [5, 5.41) is 17.4. The number of thiophene rings is 1. The zero-order valence-electron chi connectivity index (χ0n) is 15.5. The lowest BCUT2D eigenvalue weighted by Gasteiger charge is -2.10. The molecule has 1 aliphatic carbocycles. The Balaban J connectivity index is 1.69. The van der Waals surface area contributed by atoms with Crippen LogP contribution in [0.4, 0.5) is 0 Å². The third kappa shape index (κ3) is 2.64. The molecule has 2 heterocycles. The van der Waals surface area contributed by atoms with E-state index >= 15 is 0 Å². The summed E-state index contributed by atoms with van der Waals surface area (Å²) in [6.07, 6.45) is 5.80. The average molecular weight is 389 g/mol. The third-order valence-corrected chi connectivity index (χ3v) is 6.56. The van der Waals surface area contributed by atoms with Gasteiger partial charge in [-0.3, -0.25) is 4.79 Å². The molecule has 0 spiro atoms. The fourth-order valence-corrected chi connectivity index (χ4v) is 5.27. The van der Waals surface area contributed by atoms with Gasteiger partial charge in [0.25, 0.3) is 5.56 Å². The number of hydrogen-bond donors (Lipinski definition) is 1. The molecule has 140 valence electrons. The lowest BCUT2D eigenvalue weighted by atomic mass is 9.97. The summed E-state index contributed by atoms with van der Waals surface area (Å²) in [6.45, 7) is 1.79. The highest BCUT2D eigenvalue weighted by molar-refractivity contribution is 7.18. The van der Waals surface area contributed by atoms with Gasteiger partial charge in [-0.1, -0.05) is 30.3 Å². The van der Waals surface area contributed by atoms with Crippen LogP contribution in [0.3, 0.4) is 0 Å². The van der Waals surface area contributed by atoms with Crippen LogP contribution in [0.15, 0.2) is 46.3 Å². The van der Waals surface area contributed by atoms with Crippen LogP contribution in [0.2, 0.25) is 0 Å². The molecule has 1 aliphatic rings. The molecule has 0 saturated heterocycles. The largest absolute Gasteiger partial charge is 0.507 e. The molecule has 1 N–H and O–H groups in total. The van der Waals surface area contributed by atoms with E-state index in [4.69, 9.17) is 0 Å². The van der Waals surface area contributed by atoms with Gasteiger partial charge in [-0.25, -0.2) is 4.98 Å². The van der Waals surface area contributed by atoms with Gasteiger partial charge in [-0.15, -0.1) is 11.3 Å². The van der Waals surface area contributed by atoms with E-state index in [0.29, 0.717) is 16.8 Å². The Kier molecular flexibility index (Phi) is 4.02. The van der Waals surface area contributed by atoms with Crippen LogP contribution in [0.5, 0.6) is 5.75 Å². The Hall–Kier alpha value is -2.99. The molecule has 5 rings (SSSR count). The first-order valence-corrected chi connectivity index (χ1v) is 10.2. The predicted molar refractivity (Wildman–Crippen MR) is 114 cm³/mol. The van der Waals surface area contributed by atoms with E-state index in [0.717, 1.165) is 40.4 Å². The summed E-state index contributed by atoms with van der Waals surface area (Å²) in [4.78, 5) is 20.0. The van der Waals surface area contributed by atoms with Crippen LogP contribution in [-0.2, 0) is 12.8 Å². The summed E-state index contributed by atoms with van der Waals surface area (Å²) in [5.74, 6) is 0.683. The van der Waals surface area contributed by atoms with E-state index in [1.807, 2.05) is 30.3 Å². The highest BCUT2D eigenvalue weighted by atomic mass is 32.1. The number of hydrogen-bond acceptors (Lipinski definition) is 5. The van der Waals surface area contributed by atoms with Gasteiger partial charge in [0.05, 0.1) is 11.6 Å². The maximum atomic E-state index is 13.2. The van der Waals surface area contributed by atoms with E-state index < -0.39 is 0 Å². The van der Waals surface area contributed by atoms with Crippen LogP contribution < -0.4 is 5.56 Å². The second kappa shape index (κ2) is 6.56. The first-order chi connectivity index (χ1) is 13.6. The maximum Gasteiger partial charge on any atom is 0.283 e. The van der Waals surface area contributed by atoms with Crippen molar-refractivity contribution in [1.29, 1.82) is 0 Å². The smallest absolute Gasteiger partial charge is 0.283 e. The number of phenolic OH excluding ortho intramolecular Hbond substituents is 1. The minimum absolute atomic E-state index is 0.127. The summed E-state index contributed by atoms with van der Waals surface area (Å²) >= 11 is 1.64. The minimum Gasteiger partial charge on any atom is -0.507 e. The highest BCUT2D eigenvalue weighted by Crippen LogP contribution is 2.33. The van der Waals surface area contributed by atoms with Crippen LogP contribution in [0.25, 0.3) is 21.0 Å². The molecule has 28 heavy (non-hydrogen) atoms. The molecule has 0 unspecified atom stereocenters. The van der Waals surface area contributed by atoms with Gasteiger partial charge in [0.1, 0.15) is 16.4 Å². The average Bonchev–Trinajstić information content (AvgIpc) is 3.07. The Morgan fingerprint density at radius 2 is 2.00 bits per heavy atom. The normalized spacial score (nSPS) is 14.2. The fourth-order valence-electron chi connectivity index (χ4n) is 3.97. The minimum atomic E-state index is -0.127. The van der Waals surface area contributed by atoms with E-state index in [1.165, 1.54) is 16.0 Å². The van der Waals surface area contributed by atoms with Gasteiger partial charge in [0.2, 0.25) is 0 Å². The zero-order valence-corrected chi connectivity index (χ0v) is 16.3. The van der Waals surface area contributed by atoms with Crippen LogP contribution in [0.1, 0.15) is 34.7 Å².